The Morgan fingerprint density at radius 3 is 1.70 bits per heavy atom. The summed E-state index contributed by atoms with van der Waals surface area (Å²) in [5.41, 5.74) is 8.28. The monoisotopic (exact) mass is 263 g/mol. The highest BCUT2D eigenvalue weighted by Crippen LogP contribution is 2.26. The highest BCUT2D eigenvalue weighted by Gasteiger charge is 2.08. The zero-order chi connectivity index (χ0) is 14.7. The molecule has 2 aromatic rings. The second-order valence-electron chi connectivity index (χ2n) is 5.32. The fourth-order valence-corrected chi connectivity index (χ4v) is 2.67. The zero-order valence-electron chi connectivity index (χ0n) is 12.6. The molecule has 0 spiro atoms. The van der Waals surface area contributed by atoms with Crippen molar-refractivity contribution in [3.05, 3.63) is 69.8 Å². The van der Waals surface area contributed by atoms with E-state index in [9.17, 15) is 0 Å². The van der Waals surface area contributed by atoms with Crippen LogP contribution < -0.4 is 0 Å². The van der Waals surface area contributed by atoms with E-state index in [0.717, 1.165) is 5.57 Å². The molecule has 0 saturated heterocycles. The maximum Gasteiger partial charge on any atom is 0.0256 e. The molecule has 2 rings (SSSR count). The highest BCUT2D eigenvalue weighted by atomic mass is 14.3. The number of nitrogens with one attached hydrogen (secondary N) is 1. The lowest BCUT2D eigenvalue weighted by Gasteiger charge is -2.12. The van der Waals surface area contributed by atoms with Crippen molar-refractivity contribution in [2.24, 2.45) is 0 Å². The molecule has 102 valence electrons. The van der Waals surface area contributed by atoms with Gasteiger partial charge in [-0.2, -0.15) is 0 Å². The smallest absolute Gasteiger partial charge is 0.0256 e. The maximum absolute atomic E-state index is 7.79. The van der Waals surface area contributed by atoms with Gasteiger partial charge < -0.3 is 5.41 Å². The second kappa shape index (κ2) is 5.87. The van der Waals surface area contributed by atoms with Crippen molar-refractivity contribution < 1.29 is 0 Å². The Balaban J connectivity index is 2.64. The van der Waals surface area contributed by atoms with Gasteiger partial charge in [-0.05, 0) is 67.2 Å². The van der Waals surface area contributed by atoms with Gasteiger partial charge in [0.15, 0.2) is 0 Å². The number of hydrogen-bond acceptors (Lipinski definition) is 1. The van der Waals surface area contributed by atoms with E-state index in [1.165, 1.54) is 39.6 Å². The van der Waals surface area contributed by atoms with Gasteiger partial charge in [0.1, 0.15) is 0 Å². The van der Waals surface area contributed by atoms with Crippen LogP contribution in [0, 0.1) is 33.1 Å². The first kappa shape index (κ1) is 14.3. The zero-order valence-corrected chi connectivity index (χ0v) is 12.6. The Labute approximate surface area is 121 Å². The first-order valence-corrected chi connectivity index (χ1v) is 6.89. The van der Waals surface area contributed by atoms with E-state index in [4.69, 9.17) is 5.41 Å². The van der Waals surface area contributed by atoms with E-state index in [-0.39, 0.29) is 0 Å². The molecule has 2 aromatic carbocycles. The van der Waals surface area contributed by atoms with Crippen LogP contribution in [0.1, 0.15) is 33.4 Å². The minimum absolute atomic E-state index is 0.970. The van der Waals surface area contributed by atoms with Crippen LogP contribution in [-0.4, -0.2) is 6.21 Å². The molecule has 0 aliphatic carbocycles. The normalized spacial score (nSPS) is 11.5. The summed E-state index contributed by atoms with van der Waals surface area (Å²) in [6, 6.07) is 12.6. The summed E-state index contributed by atoms with van der Waals surface area (Å²) in [6.45, 7) is 8.44. The van der Waals surface area contributed by atoms with Crippen LogP contribution in [0.25, 0.3) is 11.6 Å². The SMILES string of the molecule is Cc1cccc(C)c1/C=C(\C=N)c1c(C)cccc1C. The molecule has 0 amide bonds. The minimum Gasteiger partial charge on any atom is -0.308 e. The fourth-order valence-electron chi connectivity index (χ4n) is 2.67. The van der Waals surface area contributed by atoms with Gasteiger partial charge in [-0.15, -0.1) is 0 Å². The summed E-state index contributed by atoms with van der Waals surface area (Å²) in [5.74, 6) is 0. The molecule has 0 radical (unpaired) electrons. The molecular weight excluding hydrogens is 242 g/mol. The number of rotatable bonds is 3. The molecule has 0 heterocycles. The average Bonchev–Trinajstić information content (AvgIpc) is 2.40. The Bertz CT molecular complexity index is 638. The van der Waals surface area contributed by atoms with Crippen molar-refractivity contribution in [1.29, 1.82) is 5.41 Å². The molecule has 0 aliphatic rings. The largest absolute Gasteiger partial charge is 0.308 e. The molecule has 1 heteroatoms. The summed E-state index contributed by atoms with van der Waals surface area (Å²) in [5, 5.41) is 7.79. The van der Waals surface area contributed by atoms with E-state index < -0.39 is 0 Å². The third-order valence-corrected chi connectivity index (χ3v) is 3.77. The van der Waals surface area contributed by atoms with Gasteiger partial charge in [0.05, 0.1) is 0 Å². The Kier molecular flexibility index (Phi) is 4.19. The van der Waals surface area contributed by atoms with Gasteiger partial charge in [-0.25, -0.2) is 0 Å². The van der Waals surface area contributed by atoms with Crippen LogP contribution >= 0.6 is 0 Å². The Hall–Kier alpha value is -2.15. The van der Waals surface area contributed by atoms with E-state index >= 15 is 0 Å². The van der Waals surface area contributed by atoms with Crippen LogP contribution in [0.5, 0.6) is 0 Å². The standard InChI is InChI=1S/C19H21N/c1-13-7-5-8-14(2)18(13)11-17(12-20)19-15(3)9-6-10-16(19)4/h5-12,20H,1-4H3/b17-11+,20-12?. The fraction of sp³-hybridized carbons (Fsp3) is 0.211. The van der Waals surface area contributed by atoms with Gasteiger partial charge in [0, 0.05) is 11.8 Å². The Morgan fingerprint density at radius 1 is 0.800 bits per heavy atom. The van der Waals surface area contributed by atoms with E-state index in [1.54, 1.807) is 0 Å². The van der Waals surface area contributed by atoms with Crippen LogP contribution in [0.15, 0.2) is 36.4 Å². The topological polar surface area (TPSA) is 23.9 Å². The van der Waals surface area contributed by atoms with Crippen molar-refractivity contribution in [3.8, 4) is 0 Å². The lowest BCUT2D eigenvalue weighted by Crippen LogP contribution is -1.95. The van der Waals surface area contributed by atoms with E-state index in [2.05, 4.69) is 70.2 Å². The lowest BCUT2D eigenvalue weighted by molar-refractivity contribution is 1.34. The van der Waals surface area contributed by atoms with Gasteiger partial charge in [0.25, 0.3) is 0 Å². The first-order valence-electron chi connectivity index (χ1n) is 6.89. The average molecular weight is 263 g/mol. The van der Waals surface area contributed by atoms with Crippen molar-refractivity contribution in [2.45, 2.75) is 27.7 Å². The quantitative estimate of drug-likeness (QED) is 0.587. The molecule has 0 fully saturated rings. The maximum atomic E-state index is 7.79. The Morgan fingerprint density at radius 2 is 1.25 bits per heavy atom. The molecule has 0 aromatic heterocycles. The number of hydrogen-bond donors (Lipinski definition) is 1. The van der Waals surface area contributed by atoms with Gasteiger partial charge >= 0.3 is 0 Å². The van der Waals surface area contributed by atoms with Crippen LogP contribution in [0.2, 0.25) is 0 Å². The van der Waals surface area contributed by atoms with Gasteiger partial charge in [-0.3, -0.25) is 0 Å². The van der Waals surface area contributed by atoms with Gasteiger partial charge in [-0.1, -0.05) is 36.4 Å². The van der Waals surface area contributed by atoms with E-state index in [1.807, 2.05) is 0 Å². The van der Waals surface area contributed by atoms with Crippen molar-refractivity contribution >= 4 is 17.9 Å². The number of allylic oxidation sites excluding steroid dienone is 1. The second-order valence-corrected chi connectivity index (χ2v) is 5.32. The minimum atomic E-state index is 0.970. The molecule has 20 heavy (non-hydrogen) atoms. The summed E-state index contributed by atoms with van der Waals surface area (Å²) >= 11 is 0. The van der Waals surface area contributed by atoms with Crippen LogP contribution in [0.4, 0.5) is 0 Å². The molecule has 0 bridgehead atoms. The molecule has 1 nitrogen and oxygen atoms in total. The number of aryl methyl sites for hydroxylation is 4. The third-order valence-electron chi connectivity index (χ3n) is 3.77. The van der Waals surface area contributed by atoms with E-state index in [0.29, 0.717) is 0 Å². The summed E-state index contributed by atoms with van der Waals surface area (Å²) in [4.78, 5) is 0. The van der Waals surface area contributed by atoms with Crippen molar-refractivity contribution in [1.82, 2.24) is 0 Å². The molecule has 0 unspecified atom stereocenters. The van der Waals surface area contributed by atoms with Crippen molar-refractivity contribution in [2.75, 3.05) is 0 Å². The highest BCUT2D eigenvalue weighted by molar-refractivity contribution is 6.15. The summed E-state index contributed by atoms with van der Waals surface area (Å²) in [6.07, 6.45) is 3.59. The van der Waals surface area contributed by atoms with Crippen molar-refractivity contribution in [3.63, 3.8) is 0 Å². The molecule has 0 atom stereocenters. The summed E-state index contributed by atoms with van der Waals surface area (Å²) < 4.78 is 0. The predicted molar refractivity (Wildman–Crippen MR) is 88.5 cm³/mol. The molecule has 0 aliphatic heterocycles. The molecule has 0 saturated carbocycles. The third kappa shape index (κ3) is 2.72. The number of benzene rings is 2. The first-order chi connectivity index (χ1) is 9.54. The van der Waals surface area contributed by atoms with Crippen LogP contribution in [0.3, 0.4) is 0 Å². The lowest BCUT2D eigenvalue weighted by atomic mass is 9.93. The molecular formula is C19H21N. The molecule has 1 N–H and O–H groups in total. The van der Waals surface area contributed by atoms with Gasteiger partial charge in [0.2, 0.25) is 0 Å². The van der Waals surface area contributed by atoms with Crippen LogP contribution in [-0.2, 0) is 0 Å². The summed E-state index contributed by atoms with van der Waals surface area (Å²) in [7, 11) is 0. The predicted octanol–water partition coefficient (Wildman–Crippen LogP) is 5.11.